The molecular formula is C20H22ClFN4O2. The van der Waals surface area contributed by atoms with Crippen LogP contribution in [0.3, 0.4) is 0 Å². The normalized spacial score (nSPS) is 22.5. The van der Waals surface area contributed by atoms with E-state index in [0.29, 0.717) is 10.6 Å². The highest BCUT2D eigenvalue weighted by atomic mass is 35.5. The fraction of sp³-hybridized carbons (Fsp3) is 0.400. The molecule has 2 aromatic rings. The molecule has 0 saturated heterocycles. The quantitative estimate of drug-likeness (QED) is 0.767. The van der Waals surface area contributed by atoms with E-state index in [2.05, 4.69) is 10.3 Å². The number of fused-ring (bicyclic) bond motifs is 2. The minimum Gasteiger partial charge on any atom is -0.398 e. The number of aromatic nitrogens is 1. The maximum absolute atomic E-state index is 15.3. The van der Waals surface area contributed by atoms with E-state index in [0.717, 1.165) is 30.8 Å². The predicted molar refractivity (Wildman–Crippen MR) is 107 cm³/mol. The molecule has 0 bridgehead atoms. The molecule has 2 aliphatic rings. The van der Waals surface area contributed by atoms with Gasteiger partial charge in [-0.15, -0.1) is 0 Å². The number of carbonyl (C=O) groups excluding carboxylic acids is 1. The largest absolute Gasteiger partial charge is 0.398 e. The SMILES string of the molecule is CO[C@H]1C[C@]2(CNc3ncc(-c4ccc(N)c(C(=O)N(C)C)c4F)c(Cl)c32)C1. The van der Waals surface area contributed by atoms with Gasteiger partial charge in [-0.1, -0.05) is 11.6 Å². The standard InChI is InChI=1S/C20H22ClFN4O2/c1-26(2)19(27)14-13(23)5-4-11(17(14)22)12-8-24-18-15(16(12)21)20(9-25-18)6-10(7-20)28-3/h4-5,8,10H,6-7,9,23H2,1-3H3,(H,24,25)/t10-,20+. The third-order valence-electron chi connectivity index (χ3n) is 5.79. The number of nitrogens with two attached hydrogens (primary N) is 1. The first-order valence-electron chi connectivity index (χ1n) is 9.04. The lowest BCUT2D eigenvalue weighted by Gasteiger charge is -2.44. The number of methoxy groups -OCH3 is 1. The van der Waals surface area contributed by atoms with Gasteiger partial charge in [-0.05, 0) is 25.0 Å². The van der Waals surface area contributed by atoms with Gasteiger partial charge >= 0.3 is 0 Å². The zero-order valence-electron chi connectivity index (χ0n) is 16.0. The van der Waals surface area contributed by atoms with Crippen molar-refractivity contribution in [2.45, 2.75) is 24.4 Å². The smallest absolute Gasteiger partial charge is 0.258 e. The molecule has 8 heteroatoms. The van der Waals surface area contributed by atoms with Gasteiger partial charge in [-0.3, -0.25) is 4.79 Å². The Hall–Kier alpha value is -2.38. The Bertz CT molecular complexity index is 973. The number of ether oxygens (including phenoxy) is 1. The molecule has 1 fully saturated rings. The number of anilines is 2. The maximum atomic E-state index is 15.3. The van der Waals surface area contributed by atoms with Crippen molar-refractivity contribution in [3.8, 4) is 11.1 Å². The summed E-state index contributed by atoms with van der Waals surface area (Å²) >= 11 is 6.77. The van der Waals surface area contributed by atoms with E-state index in [1.165, 1.54) is 17.2 Å². The number of hydrogen-bond acceptors (Lipinski definition) is 5. The molecule has 1 spiro atoms. The van der Waals surface area contributed by atoms with Gasteiger partial charge in [-0.25, -0.2) is 9.37 Å². The van der Waals surface area contributed by atoms with Crippen LogP contribution in [0.4, 0.5) is 15.9 Å². The molecule has 1 aliphatic heterocycles. The molecule has 6 nitrogen and oxygen atoms in total. The Morgan fingerprint density at radius 2 is 2.11 bits per heavy atom. The van der Waals surface area contributed by atoms with Crippen molar-refractivity contribution >= 4 is 29.0 Å². The Morgan fingerprint density at radius 1 is 1.39 bits per heavy atom. The molecule has 148 valence electrons. The maximum Gasteiger partial charge on any atom is 0.258 e. The van der Waals surface area contributed by atoms with Crippen LogP contribution >= 0.6 is 11.6 Å². The van der Waals surface area contributed by atoms with E-state index in [9.17, 15) is 4.79 Å². The van der Waals surface area contributed by atoms with Gasteiger partial charge in [0.1, 0.15) is 11.6 Å². The van der Waals surface area contributed by atoms with Crippen LogP contribution in [0.15, 0.2) is 18.3 Å². The van der Waals surface area contributed by atoms with Crippen molar-refractivity contribution in [3.05, 3.63) is 40.3 Å². The molecule has 0 atom stereocenters. The summed E-state index contributed by atoms with van der Waals surface area (Å²) in [5, 5.41) is 3.75. The average Bonchev–Trinajstić information content (AvgIpc) is 3.02. The van der Waals surface area contributed by atoms with Crippen LogP contribution in [-0.2, 0) is 10.2 Å². The molecule has 28 heavy (non-hydrogen) atoms. The van der Waals surface area contributed by atoms with Crippen molar-refractivity contribution in [2.24, 2.45) is 0 Å². The fourth-order valence-electron chi connectivity index (χ4n) is 4.20. The van der Waals surface area contributed by atoms with Gasteiger partial charge in [0.15, 0.2) is 0 Å². The highest BCUT2D eigenvalue weighted by Gasteiger charge is 2.51. The third kappa shape index (κ3) is 2.64. The molecule has 1 aromatic heterocycles. The molecule has 1 aliphatic carbocycles. The molecule has 3 N–H and O–H groups in total. The Labute approximate surface area is 167 Å². The second kappa shape index (κ2) is 6.60. The molecule has 4 rings (SSSR count). The monoisotopic (exact) mass is 404 g/mol. The Morgan fingerprint density at radius 3 is 2.75 bits per heavy atom. The van der Waals surface area contributed by atoms with Crippen LogP contribution < -0.4 is 11.1 Å². The Balaban J connectivity index is 1.84. The Kier molecular flexibility index (Phi) is 4.47. The van der Waals surface area contributed by atoms with Gasteiger partial charge in [0.05, 0.1) is 16.7 Å². The van der Waals surface area contributed by atoms with Crippen molar-refractivity contribution in [3.63, 3.8) is 0 Å². The molecule has 1 amide bonds. The highest BCUT2D eigenvalue weighted by Crippen LogP contribution is 2.54. The number of carbonyl (C=O) groups is 1. The van der Waals surface area contributed by atoms with Crippen LogP contribution in [0.5, 0.6) is 0 Å². The molecule has 2 heterocycles. The van der Waals surface area contributed by atoms with Crippen LogP contribution in [0, 0.1) is 5.82 Å². The van der Waals surface area contributed by atoms with Crippen molar-refractivity contribution in [2.75, 3.05) is 38.8 Å². The summed E-state index contributed by atoms with van der Waals surface area (Å²) in [6.45, 7) is 0.729. The summed E-state index contributed by atoms with van der Waals surface area (Å²) in [6, 6.07) is 3.07. The number of halogens is 2. The van der Waals surface area contributed by atoms with Gasteiger partial charge in [0, 0.05) is 61.7 Å². The number of rotatable bonds is 3. The van der Waals surface area contributed by atoms with E-state index in [1.807, 2.05) is 0 Å². The lowest BCUT2D eigenvalue weighted by atomic mass is 9.64. The summed E-state index contributed by atoms with van der Waals surface area (Å²) in [7, 11) is 4.80. The van der Waals surface area contributed by atoms with Crippen LogP contribution in [0.1, 0.15) is 28.8 Å². The topological polar surface area (TPSA) is 80.5 Å². The average molecular weight is 405 g/mol. The number of pyridine rings is 1. The zero-order valence-corrected chi connectivity index (χ0v) is 16.7. The van der Waals surface area contributed by atoms with Crippen LogP contribution in [-0.4, -0.2) is 49.6 Å². The molecular weight excluding hydrogens is 383 g/mol. The number of nitrogen functional groups attached to an aromatic ring is 1. The predicted octanol–water partition coefficient (Wildman–Crippen LogP) is 3.30. The second-order valence-corrected chi connectivity index (χ2v) is 8.08. The number of benzene rings is 1. The number of hydrogen-bond donors (Lipinski definition) is 2. The minimum atomic E-state index is -0.689. The summed E-state index contributed by atoms with van der Waals surface area (Å²) in [5.41, 5.74) is 7.23. The first-order chi connectivity index (χ1) is 13.3. The van der Waals surface area contributed by atoms with Crippen molar-refractivity contribution in [1.29, 1.82) is 0 Å². The van der Waals surface area contributed by atoms with E-state index in [4.69, 9.17) is 22.1 Å². The van der Waals surface area contributed by atoms with Gasteiger partial charge in [0.25, 0.3) is 5.91 Å². The van der Waals surface area contributed by atoms with E-state index >= 15 is 4.39 Å². The highest BCUT2D eigenvalue weighted by molar-refractivity contribution is 6.34. The molecule has 1 saturated carbocycles. The summed E-state index contributed by atoms with van der Waals surface area (Å²) < 4.78 is 20.7. The summed E-state index contributed by atoms with van der Waals surface area (Å²) in [4.78, 5) is 18.2. The summed E-state index contributed by atoms with van der Waals surface area (Å²) in [6.07, 6.45) is 3.40. The van der Waals surface area contributed by atoms with Crippen LogP contribution in [0.2, 0.25) is 5.02 Å². The van der Waals surface area contributed by atoms with Crippen molar-refractivity contribution < 1.29 is 13.9 Å². The molecule has 0 unspecified atom stereocenters. The van der Waals surface area contributed by atoms with E-state index in [1.54, 1.807) is 27.3 Å². The second-order valence-electron chi connectivity index (χ2n) is 7.70. The first kappa shape index (κ1) is 19.0. The number of nitrogens with zero attached hydrogens (tertiary/aromatic N) is 2. The van der Waals surface area contributed by atoms with Crippen LogP contribution in [0.25, 0.3) is 11.1 Å². The minimum absolute atomic E-state index is 0.0882. The first-order valence-corrected chi connectivity index (χ1v) is 9.42. The zero-order chi connectivity index (χ0) is 20.2. The molecule has 1 aromatic carbocycles. The van der Waals surface area contributed by atoms with Crippen molar-refractivity contribution in [1.82, 2.24) is 9.88 Å². The lowest BCUT2D eigenvalue weighted by molar-refractivity contribution is -0.0108. The van der Waals surface area contributed by atoms with E-state index in [-0.39, 0.29) is 28.3 Å². The molecule has 0 radical (unpaired) electrons. The van der Waals surface area contributed by atoms with Gasteiger partial charge in [0.2, 0.25) is 0 Å². The number of nitrogens with one attached hydrogen (secondary N) is 1. The lowest BCUT2D eigenvalue weighted by Crippen LogP contribution is -2.47. The fourth-order valence-corrected chi connectivity index (χ4v) is 4.64. The number of amides is 1. The summed E-state index contributed by atoms with van der Waals surface area (Å²) in [5.74, 6) is -0.461. The van der Waals surface area contributed by atoms with E-state index < -0.39 is 11.7 Å². The van der Waals surface area contributed by atoms with Gasteiger partial charge < -0.3 is 20.7 Å². The van der Waals surface area contributed by atoms with Gasteiger partial charge in [-0.2, -0.15) is 0 Å². The third-order valence-corrected chi connectivity index (χ3v) is 6.19.